The Bertz CT molecular complexity index is 758. The molecule has 3 N–H and O–H groups in total. The molecule has 7 heteroatoms. The Morgan fingerprint density at radius 3 is 2.13 bits per heavy atom. The number of hydrogen-bond donors (Lipinski definition) is 3. The van der Waals surface area contributed by atoms with E-state index in [0.717, 1.165) is 0 Å². The van der Waals surface area contributed by atoms with Crippen LogP contribution in [0.25, 0.3) is 0 Å². The summed E-state index contributed by atoms with van der Waals surface area (Å²) in [6.45, 7) is 0. The average Bonchev–Trinajstić information content (AvgIpc) is 2.55. The third-order valence-electron chi connectivity index (χ3n) is 2.95. The van der Waals surface area contributed by atoms with Gasteiger partial charge in [-0.25, -0.2) is 9.59 Å². The molecule has 0 atom stereocenters. The van der Waals surface area contributed by atoms with Crippen molar-refractivity contribution in [2.24, 2.45) is 0 Å². The molecule has 0 aliphatic carbocycles. The minimum absolute atomic E-state index is 0.0475. The molecule has 23 heavy (non-hydrogen) atoms. The fourth-order valence-corrected chi connectivity index (χ4v) is 1.91. The number of amides is 2. The number of aromatic carboxylic acids is 1. The topological polar surface area (TPSA) is 105 Å². The summed E-state index contributed by atoms with van der Waals surface area (Å²) in [7, 11) is 1.24. The van der Waals surface area contributed by atoms with Gasteiger partial charge in [0.2, 0.25) is 0 Å². The SMILES string of the molecule is COC(=O)Nc1cccc(NC(=O)c2ccccc2C(=O)O)c1. The number of carboxylic acid groups (broad SMARTS) is 1. The third kappa shape index (κ3) is 4.07. The zero-order valence-corrected chi connectivity index (χ0v) is 12.2. The Morgan fingerprint density at radius 1 is 0.913 bits per heavy atom. The molecule has 0 saturated heterocycles. The van der Waals surface area contributed by atoms with Crippen LogP contribution in [-0.2, 0) is 4.74 Å². The highest BCUT2D eigenvalue weighted by Crippen LogP contribution is 2.17. The van der Waals surface area contributed by atoms with Crippen molar-refractivity contribution in [2.45, 2.75) is 0 Å². The van der Waals surface area contributed by atoms with Crippen LogP contribution < -0.4 is 10.6 Å². The quantitative estimate of drug-likeness (QED) is 0.805. The van der Waals surface area contributed by atoms with Crippen molar-refractivity contribution in [3.8, 4) is 0 Å². The molecule has 0 aromatic heterocycles. The van der Waals surface area contributed by atoms with Crippen molar-refractivity contribution in [1.82, 2.24) is 0 Å². The highest BCUT2D eigenvalue weighted by atomic mass is 16.5. The first-order chi connectivity index (χ1) is 11.0. The summed E-state index contributed by atoms with van der Waals surface area (Å²) in [6.07, 6.45) is -0.635. The van der Waals surface area contributed by atoms with E-state index in [4.69, 9.17) is 5.11 Å². The lowest BCUT2D eigenvalue weighted by atomic mass is 10.1. The second-order valence-corrected chi connectivity index (χ2v) is 4.50. The van der Waals surface area contributed by atoms with Gasteiger partial charge in [0.05, 0.1) is 18.2 Å². The molecule has 0 radical (unpaired) electrons. The first-order valence-electron chi connectivity index (χ1n) is 6.60. The van der Waals surface area contributed by atoms with E-state index >= 15 is 0 Å². The first-order valence-corrected chi connectivity index (χ1v) is 6.60. The molecule has 0 aliphatic heterocycles. The summed E-state index contributed by atoms with van der Waals surface area (Å²) < 4.78 is 4.48. The predicted molar refractivity (Wildman–Crippen MR) is 83.8 cm³/mol. The Hall–Kier alpha value is -3.35. The number of benzene rings is 2. The van der Waals surface area contributed by atoms with Gasteiger partial charge in [-0.15, -0.1) is 0 Å². The van der Waals surface area contributed by atoms with Gasteiger partial charge in [0, 0.05) is 11.4 Å². The number of rotatable bonds is 4. The molecule has 118 valence electrons. The molecule has 0 heterocycles. The van der Waals surface area contributed by atoms with Gasteiger partial charge >= 0.3 is 12.1 Å². The highest BCUT2D eigenvalue weighted by Gasteiger charge is 2.16. The number of anilines is 2. The Labute approximate surface area is 131 Å². The highest BCUT2D eigenvalue weighted by molar-refractivity contribution is 6.10. The van der Waals surface area contributed by atoms with Crippen LogP contribution in [0.3, 0.4) is 0 Å². The second kappa shape index (κ2) is 7.08. The number of carboxylic acids is 1. The maximum atomic E-state index is 12.2. The number of carbonyl (C=O) groups excluding carboxylic acids is 2. The van der Waals surface area contributed by atoms with Crippen molar-refractivity contribution in [3.05, 3.63) is 59.7 Å². The molecule has 2 aromatic carbocycles. The number of methoxy groups -OCH3 is 1. The van der Waals surface area contributed by atoms with Gasteiger partial charge in [-0.3, -0.25) is 10.1 Å². The van der Waals surface area contributed by atoms with E-state index in [1.165, 1.54) is 25.3 Å². The van der Waals surface area contributed by atoms with Gasteiger partial charge in [-0.05, 0) is 30.3 Å². The van der Waals surface area contributed by atoms with Gasteiger partial charge in [-0.2, -0.15) is 0 Å². The molecule has 0 bridgehead atoms. The van der Waals surface area contributed by atoms with Gasteiger partial charge in [-0.1, -0.05) is 18.2 Å². The standard InChI is InChI=1S/C16H14N2O5/c1-23-16(22)18-11-6-4-5-10(9-11)17-14(19)12-7-2-3-8-13(12)15(20)21/h2-9H,1H3,(H,17,19)(H,18,22)(H,20,21). The molecule has 0 spiro atoms. The van der Waals surface area contributed by atoms with Crippen LogP contribution in [0, 0.1) is 0 Å². The summed E-state index contributed by atoms with van der Waals surface area (Å²) in [5.74, 6) is -1.74. The average molecular weight is 314 g/mol. The molecule has 2 aromatic rings. The van der Waals surface area contributed by atoms with Crippen molar-refractivity contribution < 1.29 is 24.2 Å². The first kappa shape index (κ1) is 16.0. The van der Waals surface area contributed by atoms with Gasteiger partial charge in [0.25, 0.3) is 5.91 Å². The molecule has 0 saturated carbocycles. The number of carbonyl (C=O) groups is 3. The van der Waals surface area contributed by atoms with E-state index in [9.17, 15) is 14.4 Å². The number of ether oxygens (including phenoxy) is 1. The van der Waals surface area contributed by atoms with Crippen molar-refractivity contribution in [2.75, 3.05) is 17.7 Å². The van der Waals surface area contributed by atoms with Crippen LogP contribution in [0.2, 0.25) is 0 Å². The Kier molecular flexibility index (Phi) is 4.93. The van der Waals surface area contributed by atoms with E-state index in [1.807, 2.05) is 0 Å². The predicted octanol–water partition coefficient (Wildman–Crippen LogP) is 2.82. The van der Waals surface area contributed by atoms with E-state index in [0.29, 0.717) is 11.4 Å². The normalized spacial score (nSPS) is 9.78. The minimum Gasteiger partial charge on any atom is -0.478 e. The summed E-state index contributed by atoms with van der Waals surface area (Å²) in [5.41, 5.74) is 0.797. The smallest absolute Gasteiger partial charge is 0.411 e. The fourth-order valence-electron chi connectivity index (χ4n) is 1.91. The van der Waals surface area contributed by atoms with Crippen LogP contribution in [0.5, 0.6) is 0 Å². The van der Waals surface area contributed by atoms with Gasteiger partial charge in [0.1, 0.15) is 0 Å². The molecular weight excluding hydrogens is 300 g/mol. The number of hydrogen-bond acceptors (Lipinski definition) is 4. The monoisotopic (exact) mass is 314 g/mol. The third-order valence-corrected chi connectivity index (χ3v) is 2.95. The van der Waals surface area contributed by atoms with E-state index in [2.05, 4.69) is 15.4 Å². The lowest BCUT2D eigenvalue weighted by molar-refractivity contribution is 0.0692. The fraction of sp³-hybridized carbons (Fsp3) is 0.0625. The molecule has 0 aliphatic rings. The van der Waals surface area contributed by atoms with Gasteiger partial charge < -0.3 is 15.2 Å². The number of nitrogens with one attached hydrogen (secondary N) is 2. The van der Waals surface area contributed by atoms with Crippen LogP contribution in [0.1, 0.15) is 20.7 Å². The summed E-state index contributed by atoms with van der Waals surface area (Å²) >= 11 is 0. The minimum atomic E-state index is -1.18. The van der Waals surface area contributed by atoms with Gasteiger partial charge in [0.15, 0.2) is 0 Å². The lowest BCUT2D eigenvalue weighted by Crippen LogP contribution is -2.16. The second-order valence-electron chi connectivity index (χ2n) is 4.50. The van der Waals surface area contributed by atoms with Crippen molar-refractivity contribution >= 4 is 29.3 Å². The summed E-state index contributed by atoms with van der Waals surface area (Å²) in [5, 5.41) is 14.2. The lowest BCUT2D eigenvalue weighted by Gasteiger charge is -2.09. The van der Waals surface area contributed by atoms with E-state index in [-0.39, 0.29) is 11.1 Å². The largest absolute Gasteiger partial charge is 0.478 e. The van der Waals surface area contributed by atoms with Crippen molar-refractivity contribution in [3.63, 3.8) is 0 Å². The van der Waals surface area contributed by atoms with E-state index < -0.39 is 18.0 Å². The summed E-state index contributed by atoms with van der Waals surface area (Å²) in [6, 6.07) is 12.3. The van der Waals surface area contributed by atoms with Crippen LogP contribution in [0.4, 0.5) is 16.2 Å². The molecule has 2 amide bonds. The molecular formula is C16H14N2O5. The zero-order valence-electron chi connectivity index (χ0n) is 12.2. The van der Waals surface area contributed by atoms with Crippen LogP contribution >= 0.6 is 0 Å². The summed E-state index contributed by atoms with van der Waals surface area (Å²) in [4.78, 5) is 34.6. The molecule has 0 fully saturated rings. The molecule has 7 nitrogen and oxygen atoms in total. The Balaban J connectivity index is 2.19. The van der Waals surface area contributed by atoms with Crippen molar-refractivity contribution in [1.29, 1.82) is 0 Å². The molecule has 2 rings (SSSR count). The molecule has 0 unspecified atom stereocenters. The van der Waals surface area contributed by atoms with Crippen LogP contribution in [-0.4, -0.2) is 30.2 Å². The zero-order chi connectivity index (χ0) is 16.8. The van der Waals surface area contributed by atoms with E-state index in [1.54, 1.807) is 30.3 Å². The maximum Gasteiger partial charge on any atom is 0.411 e. The Morgan fingerprint density at radius 2 is 1.52 bits per heavy atom. The van der Waals surface area contributed by atoms with Crippen LogP contribution in [0.15, 0.2) is 48.5 Å². The maximum absolute atomic E-state index is 12.2.